The number of ether oxygens (including phenoxy) is 1. The monoisotopic (exact) mass is 1480 g/mol. The summed E-state index contributed by atoms with van der Waals surface area (Å²) < 4.78 is 10.3. The Labute approximate surface area is 677 Å². The molecule has 17 aromatic carbocycles. The first-order valence-corrected chi connectivity index (χ1v) is 40.3. The fourth-order valence-electron chi connectivity index (χ4n) is 19.7. The zero-order chi connectivity index (χ0) is 77.4. The minimum atomic E-state index is -0.305. The molecule has 0 atom stereocenters. The van der Waals surface area contributed by atoms with Gasteiger partial charge in [0.25, 0.3) is 13.4 Å². The van der Waals surface area contributed by atoms with Gasteiger partial charge in [-0.15, -0.1) is 0 Å². The van der Waals surface area contributed by atoms with Gasteiger partial charge in [0.15, 0.2) is 0 Å². The van der Waals surface area contributed by atoms with Crippen molar-refractivity contribution < 1.29 is 4.74 Å². The van der Waals surface area contributed by atoms with Crippen LogP contribution in [0.4, 0.5) is 85.3 Å². The van der Waals surface area contributed by atoms with E-state index in [9.17, 15) is 0 Å². The number of rotatable bonds is 13. The van der Waals surface area contributed by atoms with Crippen LogP contribution in [-0.4, -0.2) is 18.0 Å². The highest BCUT2D eigenvalue weighted by atomic mass is 16.5. The number of para-hydroxylation sites is 8. The number of fused-ring (bicyclic) bond motifs is 11. The maximum absolute atomic E-state index is 7.82. The summed E-state index contributed by atoms with van der Waals surface area (Å²) in [6, 6.07) is 142. The average molecular weight is 1490 g/mol. The molecule has 548 valence electrons. The normalized spacial score (nSPS) is 12.7. The van der Waals surface area contributed by atoms with Crippen LogP contribution in [-0.2, 0) is 0 Å². The van der Waals surface area contributed by atoms with Crippen molar-refractivity contribution in [3.05, 3.63) is 410 Å². The zero-order valence-electron chi connectivity index (χ0n) is 65.1. The van der Waals surface area contributed by atoms with Crippen molar-refractivity contribution in [3.8, 4) is 50.6 Å². The Hall–Kier alpha value is -14.5. The van der Waals surface area contributed by atoms with Gasteiger partial charge < -0.3 is 33.8 Å². The van der Waals surface area contributed by atoms with Gasteiger partial charge in [0.2, 0.25) is 0 Å². The van der Waals surface area contributed by atoms with Crippen molar-refractivity contribution >= 4 is 153 Å². The molecule has 4 aliphatic heterocycles. The Kier molecular flexibility index (Phi) is 16.1. The van der Waals surface area contributed by atoms with Gasteiger partial charge in [-0.1, -0.05) is 272 Å². The average Bonchev–Trinajstić information content (AvgIpc) is 0.748. The molecule has 4 aliphatic rings. The Balaban J connectivity index is 0.884. The quantitative estimate of drug-likeness (QED) is 0.107. The molecular weight excluding hydrogens is 1410 g/mol. The predicted octanol–water partition coefficient (Wildman–Crippen LogP) is 24.8. The van der Waals surface area contributed by atoms with Crippen molar-refractivity contribution in [1.82, 2.24) is 4.57 Å². The molecule has 5 heterocycles. The van der Waals surface area contributed by atoms with E-state index < -0.39 is 0 Å². The molecule has 0 N–H and O–H groups in total. The van der Waals surface area contributed by atoms with Crippen LogP contribution >= 0.6 is 0 Å². The third-order valence-electron chi connectivity index (χ3n) is 24.3. The van der Waals surface area contributed by atoms with Gasteiger partial charge in [-0.25, -0.2) is 0 Å². The van der Waals surface area contributed by atoms with E-state index in [4.69, 9.17) is 4.74 Å². The molecule has 0 saturated heterocycles. The third kappa shape index (κ3) is 11.0. The second kappa shape index (κ2) is 27.4. The minimum absolute atomic E-state index is 0.291. The predicted molar refractivity (Wildman–Crippen MR) is 490 cm³/mol. The van der Waals surface area contributed by atoms with Crippen LogP contribution in [0.25, 0.3) is 60.9 Å². The summed E-state index contributed by atoms with van der Waals surface area (Å²) in [5, 5.41) is 2.38. The van der Waals surface area contributed by atoms with Crippen LogP contribution in [0.15, 0.2) is 382 Å². The number of benzene rings is 17. The topological polar surface area (TPSA) is 30.4 Å². The largest absolute Gasteiger partial charge is 0.458 e. The van der Waals surface area contributed by atoms with Gasteiger partial charge in [0.05, 0.1) is 33.8 Å². The van der Waals surface area contributed by atoms with Crippen LogP contribution in [0.1, 0.15) is 27.8 Å². The number of hydrogen-bond acceptors (Lipinski definition) is 6. The van der Waals surface area contributed by atoms with E-state index in [1.165, 1.54) is 54.9 Å². The summed E-state index contributed by atoms with van der Waals surface area (Å²) in [5.74, 6) is 1.71. The Morgan fingerprint density at radius 3 is 1.38 bits per heavy atom. The summed E-state index contributed by atoms with van der Waals surface area (Å²) >= 11 is 0. The van der Waals surface area contributed by atoms with Crippen LogP contribution in [0.5, 0.6) is 11.5 Å². The highest BCUT2D eigenvalue weighted by Gasteiger charge is 2.49. The van der Waals surface area contributed by atoms with Gasteiger partial charge in [-0.2, -0.15) is 0 Å². The van der Waals surface area contributed by atoms with E-state index in [0.29, 0.717) is 0 Å². The Morgan fingerprint density at radius 2 is 0.733 bits per heavy atom. The molecule has 7 nitrogen and oxygen atoms in total. The first-order valence-electron chi connectivity index (χ1n) is 40.3. The van der Waals surface area contributed by atoms with Crippen molar-refractivity contribution in [1.29, 1.82) is 0 Å². The number of nitrogens with zero attached hydrogens (tertiary/aromatic N) is 6. The van der Waals surface area contributed by atoms with Crippen molar-refractivity contribution in [3.63, 3.8) is 0 Å². The maximum Gasteiger partial charge on any atom is 0.256 e. The van der Waals surface area contributed by atoms with Gasteiger partial charge >= 0.3 is 0 Å². The lowest BCUT2D eigenvalue weighted by Gasteiger charge is -2.47. The van der Waals surface area contributed by atoms with E-state index in [2.05, 4.69) is 446 Å². The summed E-state index contributed by atoms with van der Waals surface area (Å²) in [6.45, 7) is 10.6. The SMILES string of the molecule is Cc1cc(C)c(N(c2ccccc2)c2cc3c4c(c2)N(c2ccccc2-c2cccc5c6ccccc6n(-c6ccccc6)c25)c2cc5c(cc2B4c2cc(C)cc(C)c2O3)B2c3ccc(-c4ccccc4)cc3N(c3ccccc3)c3cc(N(c4ccccc4)c4cccc(-c6ccccc6)c4)cc(c32)N5c2ccccc2)c(C)c1. The van der Waals surface area contributed by atoms with Gasteiger partial charge in [0.1, 0.15) is 11.5 Å². The summed E-state index contributed by atoms with van der Waals surface area (Å²) in [5.41, 5.74) is 39.0. The molecule has 22 rings (SSSR count). The van der Waals surface area contributed by atoms with Crippen molar-refractivity contribution in [2.45, 2.75) is 34.6 Å². The van der Waals surface area contributed by atoms with E-state index in [0.717, 1.165) is 163 Å². The van der Waals surface area contributed by atoms with Crippen LogP contribution < -0.4 is 62.0 Å². The Bertz CT molecular complexity index is 6940. The number of anilines is 15. The molecule has 1 aromatic heterocycles. The van der Waals surface area contributed by atoms with Crippen LogP contribution in [0, 0.1) is 34.6 Å². The van der Waals surface area contributed by atoms with Crippen LogP contribution in [0.2, 0.25) is 0 Å². The fourth-order valence-corrected chi connectivity index (χ4v) is 19.7. The number of aryl methyl sites for hydroxylation is 5. The first-order chi connectivity index (χ1) is 57.1. The molecule has 0 spiro atoms. The standard InChI is InChI=1S/C107H78B2N6O/c1-69-57-71(3)105(72(4)58-69)111(79-40-19-9-20-41-79)85-65-101-104-102(66-85)116-107-73(5)59-70(2)60-93(107)109(104)92-67-91-97(68-98(92)115(101)95-54-30-28-50-87(95)89-52-32-51-88-86-49-27-29-53-94(86)114(106(88)89)82-46-25-12-26-47-82)113(81-44-23-11-24-45-81)100-64-84(110(78-38-17-8-18-39-78)83-48-31-37-76(61-83)74-33-13-6-14-34-74)63-99-103(100)108(91)90-56-55-77(75-35-15-7-16-36-75)62-96(90)112(99)80-42-21-10-22-43-80/h6-68H,1-5H3. The van der Waals surface area contributed by atoms with Gasteiger partial charge in [-0.3, -0.25) is 0 Å². The first kappa shape index (κ1) is 68.3. The molecular formula is C107H78B2N6O. The molecule has 0 bridgehead atoms. The molecule has 0 fully saturated rings. The Morgan fingerprint density at radius 1 is 0.267 bits per heavy atom. The molecule has 0 aliphatic carbocycles. The number of aromatic nitrogens is 1. The van der Waals surface area contributed by atoms with E-state index in [1.54, 1.807) is 0 Å². The second-order valence-electron chi connectivity index (χ2n) is 31.4. The highest BCUT2D eigenvalue weighted by molar-refractivity contribution is 7.02. The lowest BCUT2D eigenvalue weighted by molar-refractivity contribution is 0.483. The summed E-state index contributed by atoms with van der Waals surface area (Å²) in [7, 11) is 0. The van der Waals surface area contributed by atoms with E-state index in [1.807, 2.05) is 0 Å². The molecule has 18 aromatic rings. The van der Waals surface area contributed by atoms with E-state index >= 15 is 0 Å². The zero-order valence-corrected chi connectivity index (χ0v) is 65.1. The van der Waals surface area contributed by atoms with Crippen molar-refractivity contribution in [2.75, 3.05) is 24.5 Å². The molecule has 0 unspecified atom stereocenters. The summed E-state index contributed by atoms with van der Waals surface area (Å²) in [6.07, 6.45) is 0. The minimum Gasteiger partial charge on any atom is -0.458 e. The maximum atomic E-state index is 7.82. The van der Waals surface area contributed by atoms with Crippen molar-refractivity contribution in [2.24, 2.45) is 0 Å². The van der Waals surface area contributed by atoms with E-state index in [-0.39, 0.29) is 13.4 Å². The van der Waals surface area contributed by atoms with Crippen LogP contribution in [0.3, 0.4) is 0 Å². The van der Waals surface area contributed by atoms with Gasteiger partial charge in [0, 0.05) is 96.2 Å². The fraction of sp³-hybridized carbons (Fsp3) is 0.0467. The molecule has 0 radical (unpaired) electrons. The molecule has 0 amide bonds. The molecule has 0 saturated carbocycles. The van der Waals surface area contributed by atoms with Gasteiger partial charge in [-0.05, 0) is 222 Å². The third-order valence-corrected chi connectivity index (χ3v) is 24.3. The highest BCUT2D eigenvalue weighted by Crippen LogP contribution is 2.55. The second-order valence-corrected chi connectivity index (χ2v) is 31.4. The molecule has 9 heteroatoms. The number of hydrogen-bond donors (Lipinski definition) is 0. The summed E-state index contributed by atoms with van der Waals surface area (Å²) in [4.78, 5) is 12.8. The molecule has 116 heavy (non-hydrogen) atoms. The lowest BCUT2D eigenvalue weighted by Crippen LogP contribution is -2.64. The smallest absolute Gasteiger partial charge is 0.256 e. The lowest BCUT2D eigenvalue weighted by atomic mass is 9.30.